The molecule has 25 heavy (non-hydrogen) atoms. The SMILES string of the molecule is CCN(CC)C(=O)c1ccc(C(=O)N2CCc3ccccc3C2)cc1. The average Bonchev–Trinajstić information content (AvgIpc) is 2.68. The zero-order chi connectivity index (χ0) is 17.8. The maximum absolute atomic E-state index is 12.8. The summed E-state index contributed by atoms with van der Waals surface area (Å²) in [6.07, 6.45) is 0.889. The number of hydrogen-bond donors (Lipinski definition) is 0. The summed E-state index contributed by atoms with van der Waals surface area (Å²) in [7, 11) is 0. The Morgan fingerprint density at radius 2 is 1.52 bits per heavy atom. The van der Waals surface area contributed by atoms with E-state index < -0.39 is 0 Å². The van der Waals surface area contributed by atoms with Crippen LogP contribution >= 0.6 is 0 Å². The molecule has 0 aromatic heterocycles. The summed E-state index contributed by atoms with van der Waals surface area (Å²) in [5, 5.41) is 0. The van der Waals surface area contributed by atoms with Crippen molar-refractivity contribution < 1.29 is 9.59 Å². The first-order valence-electron chi connectivity index (χ1n) is 8.89. The van der Waals surface area contributed by atoms with Crippen molar-refractivity contribution in [3.05, 3.63) is 70.8 Å². The summed E-state index contributed by atoms with van der Waals surface area (Å²) in [5.41, 5.74) is 3.81. The van der Waals surface area contributed by atoms with Crippen LogP contribution in [0, 0.1) is 0 Å². The van der Waals surface area contributed by atoms with Crippen LogP contribution in [0.25, 0.3) is 0 Å². The molecule has 0 unspecified atom stereocenters. The molecule has 2 aromatic carbocycles. The highest BCUT2D eigenvalue weighted by Gasteiger charge is 2.22. The zero-order valence-corrected chi connectivity index (χ0v) is 14.9. The molecule has 0 aliphatic carbocycles. The molecule has 3 rings (SSSR count). The van der Waals surface area contributed by atoms with Gasteiger partial charge >= 0.3 is 0 Å². The number of benzene rings is 2. The first-order valence-corrected chi connectivity index (χ1v) is 8.89. The van der Waals surface area contributed by atoms with Crippen LogP contribution in [-0.2, 0) is 13.0 Å². The second kappa shape index (κ2) is 7.51. The summed E-state index contributed by atoms with van der Waals surface area (Å²) in [4.78, 5) is 28.8. The maximum atomic E-state index is 12.8. The van der Waals surface area contributed by atoms with Crippen LogP contribution in [0.3, 0.4) is 0 Å². The lowest BCUT2D eigenvalue weighted by Crippen LogP contribution is -2.36. The molecule has 2 aromatic rings. The van der Waals surface area contributed by atoms with E-state index in [-0.39, 0.29) is 11.8 Å². The van der Waals surface area contributed by atoms with Crippen molar-refractivity contribution in [2.45, 2.75) is 26.8 Å². The van der Waals surface area contributed by atoms with E-state index in [1.54, 1.807) is 29.2 Å². The third-order valence-electron chi connectivity index (χ3n) is 4.85. The van der Waals surface area contributed by atoms with E-state index in [4.69, 9.17) is 0 Å². The fourth-order valence-electron chi connectivity index (χ4n) is 3.30. The predicted molar refractivity (Wildman–Crippen MR) is 98.6 cm³/mol. The van der Waals surface area contributed by atoms with Crippen molar-refractivity contribution in [2.24, 2.45) is 0 Å². The molecule has 0 N–H and O–H groups in total. The molecule has 1 aliphatic heterocycles. The topological polar surface area (TPSA) is 40.6 Å². The van der Waals surface area contributed by atoms with Gasteiger partial charge in [0.1, 0.15) is 0 Å². The molecule has 0 saturated carbocycles. The van der Waals surface area contributed by atoms with Crippen LogP contribution in [0.5, 0.6) is 0 Å². The number of nitrogens with zero attached hydrogens (tertiary/aromatic N) is 2. The van der Waals surface area contributed by atoms with Gasteiger partial charge < -0.3 is 9.80 Å². The minimum atomic E-state index is 0.0101. The predicted octanol–water partition coefficient (Wildman–Crippen LogP) is 3.37. The molecule has 4 nitrogen and oxygen atoms in total. The molecule has 4 heteroatoms. The summed E-state index contributed by atoms with van der Waals surface area (Å²) in [6, 6.07) is 15.3. The molecule has 0 fully saturated rings. The zero-order valence-electron chi connectivity index (χ0n) is 14.9. The number of fused-ring (bicyclic) bond motifs is 1. The largest absolute Gasteiger partial charge is 0.339 e. The number of carbonyl (C=O) groups is 2. The van der Waals surface area contributed by atoms with E-state index in [1.807, 2.05) is 30.9 Å². The maximum Gasteiger partial charge on any atom is 0.254 e. The first kappa shape index (κ1) is 17.2. The number of rotatable bonds is 4. The van der Waals surface area contributed by atoms with Gasteiger partial charge in [-0.05, 0) is 55.7 Å². The number of hydrogen-bond acceptors (Lipinski definition) is 2. The van der Waals surface area contributed by atoms with Crippen LogP contribution in [0.4, 0.5) is 0 Å². The molecule has 0 saturated heterocycles. The lowest BCUT2D eigenvalue weighted by Gasteiger charge is -2.29. The van der Waals surface area contributed by atoms with Gasteiger partial charge in [0.15, 0.2) is 0 Å². The summed E-state index contributed by atoms with van der Waals surface area (Å²) >= 11 is 0. The van der Waals surface area contributed by atoms with Gasteiger partial charge in [0.05, 0.1) is 0 Å². The van der Waals surface area contributed by atoms with E-state index in [9.17, 15) is 9.59 Å². The summed E-state index contributed by atoms with van der Waals surface area (Å²) in [6.45, 7) is 6.68. The van der Waals surface area contributed by atoms with Gasteiger partial charge in [-0.25, -0.2) is 0 Å². The highest BCUT2D eigenvalue weighted by molar-refractivity contribution is 5.97. The normalized spacial score (nSPS) is 13.3. The van der Waals surface area contributed by atoms with Gasteiger partial charge in [0, 0.05) is 37.3 Å². The molecule has 0 atom stereocenters. The van der Waals surface area contributed by atoms with Gasteiger partial charge in [-0.2, -0.15) is 0 Å². The molecule has 1 heterocycles. The monoisotopic (exact) mass is 336 g/mol. The third kappa shape index (κ3) is 3.58. The Balaban J connectivity index is 1.72. The van der Waals surface area contributed by atoms with Gasteiger partial charge in [-0.15, -0.1) is 0 Å². The van der Waals surface area contributed by atoms with E-state index in [2.05, 4.69) is 12.1 Å². The molecule has 0 radical (unpaired) electrons. The third-order valence-corrected chi connectivity index (χ3v) is 4.85. The van der Waals surface area contributed by atoms with Gasteiger partial charge in [-0.3, -0.25) is 9.59 Å². The van der Waals surface area contributed by atoms with Crippen molar-refractivity contribution in [1.82, 2.24) is 9.80 Å². The number of carbonyl (C=O) groups excluding carboxylic acids is 2. The van der Waals surface area contributed by atoms with E-state index in [0.717, 1.165) is 13.0 Å². The van der Waals surface area contributed by atoms with Crippen LogP contribution in [0.2, 0.25) is 0 Å². The second-order valence-corrected chi connectivity index (χ2v) is 6.30. The lowest BCUT2D eigenvalue weighted by atomic mass is 9.99. The Hall–Kier alpha value is -2.62. The van der Waals surface area contributed by atoms with Gasteiger partial charge in [-0.1, -0.05) is 24.3 Å². The fourth-order valence-corrected chi connectivity index (χ4v) is 3.30. The first-order chi connectivity index (χ1) is 12.1. The Labute approximate surface area is 149 Å². The van der Waals surface area contributed by atoms with Crippen molar-refractivity contribution in [3.8, 4) is 0 Å². The van der Waals surface area contributed by atoms with E-state index in [1.165, 1.54) is 11.1 Å². The molecule has 1 aliphatic rings. The van der Waals surface area contributed by atoms with Crippen LogP contribution in [0.1, 0.15) is 45.7 Å². The molecule has 2 amide bonds. The smallest absolute Gasteiger partial charge is 0.254 e. The van der Waals surface area contributed by atoms with Gasteiger partial charge in [0.2, 0.25) is 0 Å². The van der Waals surface area contributed by atoms with E-state index in [0.29, 0.717) is 30.8 Å². The van der Waals surface area contributed by atoms with Crippen molar-refractivity contribution >= 4 is 11.8 Å². The minimum absolute atomic E-state index is 0.0101. The fraction of sp³-hybridized carbons (Fsp3) is 0.333. The quantitative estimate of drug-likeness (QED) is 0.859. The molecular weight excluding hydrogens is 312 g/mol. The Morgan fingerprint density at radius 3 is 2.16 bits per heavy atom. The van der Waals surface area contributed by atoms with Crippen LogP contribution < -0.4 is 0 Å². The Bertz CT molecular complexity index is 764. The lowest BCUT2D eigenvalue weighted by molar-refractivity contribution is 0.0731. The Morgan fingerprint density at radius 1 is 0.920 bits per heavy atom. The van der Waals surface area contributed by atoms with E-state index >= 15 is 0 Å². The highest BCUT2D eigenvalue weighted by atomic mass is 16.2. The minimum Gasteiger partial charge on any atom is -0.339 e. The van der Waals surface area contributed by atoms with Crippen molar-refractivity contribution in [1.29, 1.82) is 0 Å². The van der Waals surface area contributed by atoms with Gasteiger partial charge in [0.25, 0.3) is 11.8 Å². The number of amides is 2. The standard InChI is InChI=1S/C21H24N2O2/c1-3-22(4-2)20(24)17-9-11-18(12-10-17)21(25)23-14-13-16-7-5-6-8-19(16)15-23/h5-12H,3-4,13-15H2,1-2H3. The molecule has 0 bridgehead atoms. The summed E-state index contributed by atoms with van der Waals surface area (Å²) < 4.78 is 0. The average molecular weight is 336 g/mol. The van der Waals surface area contributed by atoms with Crippen molar-refractivity contribution in [2.75, 3.05) is 19.6 Å². The Kier molecular flexibility index (Phi) is 5.17. The van der Waals surface area contributed by atoms with Crippen LogP contribution in [-0.4, -0.2) is 41.2 Å². The molecule has 0 spiro atoms. The molecular formula is C21H24N2O2. The second-order valence-electron chi connectivity index (χ2n) is 6.30. The van der Waals surface area contributed by atoms with Crippen molar-refractivity contribution in [3.63, 3.8) is 0 Å². The van der Waals surface area contributed by atoms with Crippen LogP contribution in [0.15, 0.2) is 48.5 Å². The summed E-state index contributed by atoms with van der Waals surface area (Å²) in [5.74, 6) is 0.0345. The molecule has 130 valence electrons. The highest BCUT2D eigenvalue weighted by Crippen LogP contribution is 2.20.